The molecule has 0 saturated carbocycles. The summed E-state index contributed by atoms with van der Waals surface area (Å²) in [6.07, 6.45) is -1.13. The van der Waals surface area contributed by atoms with E-state index in [9.17, 15) is 43.5 Å². The van der Waals surface area contributed by atoms with Gasteiger partial charge in [0, 0.05) is 19.1 Å². The second-order valence-corrected chi connectivity index (χ2v) is 12.8. The maximum Gasteiger partial charge on any atom is 0.305 e. The average molecular weight is 755 g/mol. The lowest BCUT2D eigenvalue weighted by atomic mass is 9.84. The highest BCUT2D eigenvalue weighted by Crippen LogP contribution is 2.29. The Kier molecular flexibility index (Phi) is 18.2. The maximum absolute atomic E-state index is 14.1. The maximum atomic E-state index is 14.1. The number of amides is 7. The van der Waals surface area contributed by atoms with Gasteiger partial charge in [0.15, 0.2) is 0 Å². The minimum absolute atomic E-state index is 0.120. The van der Waals surface area contributed by atoms with Crippen molar-refractivity contribution in [3.05, 3.63) is 71.8 Å². The first-order valence-corrected chi connectivity index (χ1v) is 17.3. The van der Waals surface area contributed by atoms with E-state index in [4.69, 9.17) is 16.6 Å². The number of hydrogen-bond donors (Lipinski definition) is 10. The Balaban J connectivity index is 2.32. The van der Waals surface area contributed by atoms with Gasteiger partial charge in [-0.3, -0.25) is 38.4 Å². The molecule has 2 aromatic rings. The number of aliphatic hydroxyl groups is 1. The van der Waals surface area contributed by atoms with Crippen molar-refractivity contribution in [2.45, 2.75) is 76.2 Å². The molecule has 2 rings (SSSR count). The number of carboxylic acids is 1. The number of carbonyl (C=O) groups excluding carboxylic acids is 7. The van der Waals surface area contributed by atoms with Crippen LogP contribution in [0.25, 0.3) is 0 Å². The third-order valence-corrected chi connectivity index (χ3v) is 8.08. The number of primary amides is 1. The smallest absolute Gasteiger partial charge is 0.305 e. The van der Waals surface area contributed by atoms with Gasteiger partial charge in [0.05, 0.1) is 25.4 Å². The summed E-state index contributed by atoms with van der Waals surface area (Å²) in [7, 11) is 0. The molecule has 0 radical (unpaired) electrons. The molecule has 2 aromatic carbocycles. The second-order valence-electron chi connectivity index (χ2n) is 12.8. The van der Waals surface area contributed by atoms with Gasteiger partial charge in [-0.25, -0.2) is 0 Å². The molecule has 294 valence electrons. The van der Waals surface area contributed by atoms with E-state index in [0.717, 1.165) is 0 Å². The monoisotopic (exact) mass is 754 g/mol. The summed E-state index contributed by atoms with van der Waals surface area (Å²) >= 11 is 0. The Bertz CT molecular complexity index is 1570. The quantitative estimate of drug-likeness (QED) is 0.0572. The zero-order valence-corrected chi connectivity index (χ0v) is 30.4. The minimum Gasteiger partial charge on any atom is -0.481 e. The second kappa shape index (κ2) is 22.2. The molecular weight excluding hydrogens is 704 g/mol. The van der Waals surface area contributed by atoms with Gasteiger partial charge in [-0.05, 0) is 30.4 Å². The molecule has 0 fully saturated rings. The van der Waals surface area contributed by atoms with Gasteiger partial charge in [-0.2, -0.15) is 0 Å². The van der Waals surface area contributed by atoms with Crippen molar-refractivity contribution in [3.8, 4) is 0 Å². The van der Waals surface area contributed by atoms with Gasteiger partial charge >= 0.3 is 5.97 Å². The molecule has 12 N–H and O–H groups in total. The number of nitrogens with one attached hydrogen (secondary N) is 6. The number of benzene rings is 2. The standard InChI is InChI=1S/C36H50N8O10/c1-20(2)30(35(53)40-19-27(47)39-15-10-16-45)43-32(50)21(3)41-34(52)25(18-26(38)46)42-36(54)31(44-33(51)24(37)17-28(48)49)29(22-11-6-4-7-12-22)23-13-8-5-9-14-23/h4-9,11-14,20-21,24-25,29-31,45H,10,15-19,37H2,1-3H3,(H2,38,46)(H,39,47)(H,40,53)(H,41,52)(H,42,54)(H,43,50)(H,44,51)(H,48,49)/t21-,24-,25-,30-,31-/m0/s1. The van der Waals surface area contributed by atoms with E-state index in [2.05, 4.69) is 31.9 Å². The Morgan fingerprint density at radius 1 is 0.667 bits per heavy atom. The van der Waals surface area contributed by atoms with Crippen LogP contribution in [0.4, 0.5) is 0 Å². The summed E-state index contributed by atoms with van der Waals surface area (Å²) in [6, 6.07) is 9.98. The first-order chi connectivity index (χ1) is 25.5. The number of carbonyl (C=O) groups is 8. The van der Waals surface area contributed by atoms with Crippen molar-refractivity contribution in [3.63, 3.8) is 0 Å². The minimum atomic E-state index is -1.65. The SMILES string of the molecule is CC(C)[C@H](NC(=O)[C@H](C)NC(=O)[C@H](CC(N)=O)NC(=O)[C@@H](NC(=O)[C@@H](N)CC(=O)O)C(c1ccccc1)c1ccccc1)C(=O)NCC(=O)NCCCO. The van der Waals surface area contributed by atoms with Crippen molar-refractivity contribution < 1.29 is 48.6 Å². The molecule has 0 aliphatic rings. The fourth-order valence-electron chi connectivity index (χ4n) is 5.25. The molecule has 0 aromatic heterocycles. The highest BCUT2D eigenvalue weighted by Gasteiger charge is 2.37. The van der Waals surface area contributed by atoms with Crippen LogP contribution in [0.3, 0.4) is 0 Å². The predicted molar refractivity (Wildman–Crippen MR) is 195 cm³/mol. The van der Waals surface area contributed by atoms with Crippen LogP contribution >= 0.6 is 0 Å². The third kappa shape index (κ3) is 14.6. The summed E-state index contributed by atoms with van der Waals surface area (Å²) < 4.78 is 0. The number of aliphatic hydroxyl groups excluding tert-OH is 1. The molecule has 0 saturated heterocycles. The zero-order valence-electron chi connectivity index (χ0n) is 30.4. The highest BCUT2D eigenvalue weighted by atomic mass is 16.4. The van der Waals surface area contributed by atoms with Gasteiger partial charge in [0.25, 0.3) is 0 Å². The van der Waals surface area contributed by atoms with E-state index < -0.39 is 102 Å². The van der Waals surface area contributed by atoms with Crippen LogP contribution in [0.5, 0.6) is 0 Å². The molecule has 0 heterocycles. The van der Waals surface area contributed by atoms with Gasteiger partial charge < -0.3 is 53.6 Å². The van der Waals surface area contributed by atoms with Gasteiger partial charge in [0.2, 0.25) is 41.4 Å². The third-order valence-electron chi connectivity index (χ3n) is 8.08. The van der Waals surface area contributed by atoms with Crippen LogP contribution in [0, 0.1) is 5.92 Å². The van der Waals surface area contributed by atoms with Crippen LogP contribution in [0.1, 0.15) is 57.1 Å². The summed E-state index contributed by atoms with van der Waals surface area (Å²) in [6.45, 7) is 4.30. The van der Waals surface area contributed by atoms with Crippen LogP contribution in [-0.4, -0.2) is 107 Å². The molecule has 0 aliphatic heterocycles. The zero-order chi connectivity index (χ0) is 40.4. The Morgan fingerprint density at radius 2 is 1.22 bits per heavy atom. The molecule has 54 heavy (non-hydrogen) atoms. The number of rotatable bonds is 22. The summed E-state index contributed by atoms with van der Waals surface area (Å²) in [5.74, 6) is -8.60. The van der Waals surface area contributed by atoms with Crippen molar-refractivity contribution in [2.24, 2.45) is 17.4 Å². The average Bonchev–Trinajstić information content (AvgIpc) is 3.12. The topological polar surface area (TPSA) is 301 Å². The first-order valence-electron chi connectivity index (χ1n) is 17.3. The van der Waals surface area contributed by atoms with E-state index in [1.165, 1.54) is 6.92 Å². The Morgan fingerprint density at radius 3 is 1.72 bits per heavy atom. The molecule has 0 spiro atoms. The molecule has 7 amide bonds. The van der Waals surface area contributed by atoms with Gasteiger partial charge in [-0.15, -0.1) is 0 Å². The lowest BCUT2D eigenvalue weighted by molar-refractivity contribution is -0.140. The molecular formula is C36H50N8O10. The highest BCUT2D eigenvalue weighted by molar-refractivity contribution is 5.98. The lowest BCUT2D eigenvalue weighted by Crippen LogP contribution is -2.60. The van der Waals surface area contributed by atoms with E-state index in [-0.39, 0.29) is 19.7 Å². The van der Waals surface area contributed by atoms with E-state index in [1.54, 1.807) is 74.5 Å². The molecule has 5 atom stereocenters. The van der Waals surface area contributed by atoms with Crippen molar-refractivity contribution in [2.75, 3.05) is 19.7 Å². The number of carboxylic acid groups (broad SMARTS) is 1. The normalized spacial score (nSPS) is 13.7. The van der Waals surface area contributed by atoms with Crippen LogP contribution in [-0.2, 0) is 38.4 Å². The lowest BCUT2D eigenvalue weighted by Gasteiger charge is -2.30. The van der Waals surface area contributed by atoms with Crippen LogP contribution < -0.4 is 43.4 Å². The summed E-state index contributed by atoms with van der Waals surface area (Å²) in [5.41, 5.74) is 12.4. The number of hydrogen-bond acceptors (Lipinski definition) is 10. The molecule has 18 heteroatoms. The van der Waals surface area contributed by atoms with Crippen LogP contribution in [0.2, 0.25) is 0 Å². The molecule has 0 unspecified atom stereocenters. The fraction of sp³-hybridized carbons (Fsp3) is 0.444. The first kappa shape index (κ1) is 44.3. The van der Waals surface area contributed by atoms with Crippen LogP contribution in [0.15, 0.2) is 60.7 Å². The van der Waals surface area contributed by atoms with E-state index in [0.29, 0.717) is 17.5 Å². The predicted octanol–water partition coefficient (Wildman–Crippen LogP) is -2.27. The van der Waals surface area contributed by atoms with Crippen molar-refractivity contribution >= 4 is 47.3 Å². The van der Waals surface area contributed by atoms with Crippen molar-refractivity contribution in [1.82, 2.24) is 31.9 Å². The van der Waals surface area contributed by atoms with Crippen molar-refractivity contribution in [1.29, 1.82) is 0 Å². The fourth-order valence-corrected chi connectivity index (χ4v) is 5.25. The Hall–Kier alpha value is -5.88. The molecule has 0 aliphatic carbocycles. The summed E-state index contributed by atoms with van der Waals surface area (Å²) in [5, 5.41) is 32.9. The number of nitrogens with two attached hydrogens (primary N) is 2. The van der Waals surface area contributed by atoms with Gasteiger partial charge in [-0.1, -0.05) is 74.5 Å². The summed E-state index contributed by atoms with van der Waals surface area (Å²) in [4.78, 5) is 102. The largest absolute Gasteiger partial charge is 0.481 e. The molecule has 0 bridgehead atoms. The number of aliphatic carboxylic acids is 1. The van der Waals surface area contributed by atoms with E-state index >= 15 is 0 Å². The Labute approximate surface area is 312 Å². The van der Waals surface area contributed by atoms with E-state index in [1.807, 2.05) is 0 Å². The molecule has 18 nitrogen and oxygen atoms in total. The van der Waals surface area contributed by atoms with Gasteiger partial charge in [0.1, 0.15) is 24.2 Å².